The molecule has 2 aromatic carbocycles. The fourth-order valence-electron chi connectivity index (χ4n) is 2.44. The van der Waals surface area contributed by atoms with Crippen LogP contribution in [0.3, 0.4) is 0 Å². The van der Waals surface area contributed by atoms with E-state index >= 15 is 0 Å². The maximum absolute atomic E-state index is 12.3. The number of aromatic nitrogens is 3. The summed E-state index contributed by atoms with van der Waals surface area (Å²) >= 11 is 19.3. The SMILES string of the molecule is COc1ccccc1OCc1nnc(SCC(=O)Nc2c(Cl)cc(Cl)cc2Cl)n1C. The molecule has 0 unspecified atom stereocenters. The first kappa shape index (κ1) is 22.6. The fraction of sp³-hybridized carbons (Fsp3) is 0.211. The molecule has 0 saturated heterocycles. The van der Waals surface area contributed by atoms with Crippen molar-refractivity contribution >= 4 is 58.2 Å². The van der Waals surface area contributed by atoms with Crippen molar-refractivity contribution in [2.45, 2.75) is 11.8 Å². The Kier molecular flexibility index (Phi) is 7.71. The van der Waals surface area contributed by atoms with Crippen LogP contribution in [-0.4, -0.2) is 33.5 Å². The highest BCUT2D eigenvalue weighted by Crippen LogP contribution is 2.34. The maximum Gasteiger partial charge on any atom is 0.234 e. The Morgan fingerprint density at radius 3 is 2.47 bits per heavy atom. The molecule has 30 heavy (non-hydrogen) atoms. The van der Waals surface area contributed by atoms with Crippen LogP contribution in [0.25, 0.3) is 0 Å². The van der Waals surface area contributed by atoms with E-state index in [0.717, 1.165) is 0 Å². The predicted molar refractivity (Wildman–Crippen MR) is 119 cm³/mol. The zero-order valence-corrected chi connectivity index (χ0v) is 19.1. The van der Waals surface area contributed by atoms with E-state index in [9.17, 15) is 4.79 Å². The monoisotopic (exact) mass is 486 g/mol. The van der Waals surface area contributed by atoms with Crippen LogP contribution >= 0.6 is 46.6 Å². The summed E-state index contributed by atoms with van der Waals surface area (Å²) in [4.78, 5) is 12.3. The molecule has 1 aromatic heterocycles. The third kappa shape index (κ3) is 5.51. The molecule has 0 atom stereocenters. The summed E-state index contributed by atoms with van der Waals surface area (Å²) in [5.74, 6) is 1.64. The van der Waals surface area contributed by atoms with E-state index in [4.69, 9.17) is 44.3 Å². The number of carbonyl (C=O) groups excluding carboxylic acids is 1. The van der Waals surface area contributed by atoms with Crippen LogP contribution in [0.2, 0.25) is 15.1 Å². The quantitative estimate of drug-likeness (QED) is 0.446. The molecule has 3 rings (SSSR count). The van der Waals surface area contributed by atoms with Gasteiger partial charge >= 0.3 is 0 Å². The lowest BCUT2D eigenvalue weighted by Gasteiger charge is -2.10. The highest BCUT2D eigenvalue weighted by Gasteiger charge is 2.15. The number of halogens is 3. The minimum absolute atomic E-state index is 0.0919. The van der Waals surface area contributed by atoms with Gasteiger partial charge in [-0.1, -0.05) is 58.7 Å². The van der Waals surface area contributed by atoms with Crippen LogP contribution in [0.5, 0.6) is 11.5 Å². The summed E-state index contributed by atoms with van der Waals surface area (Å²) in [6, 6.07) is 10.3. The van der Waals surface area contributed by atoms with Crippen molar-refractivity contribution in [3.05, 3.63) is 57.3 Å². The summed E-state index contributed by atoms with van der Waals surface area (Å²) in [5, 5.41) is 12.4. The summed E-state index contributed by atoms with van der Waals surface area (Å²) < 4.78 is 12.8. The Balaban J connectivity index is 1.58. The van der Waals surface area contributed by atoms with E-state index in [-0.39, 0.29) is 28.3 Å². The number of amides is 1. The molecular formula is C19H17Cl3N4O3S. The van der Waals surface area contributed by atoms with Crippen molar-refractivity contribution in [3.63, 3.8) is 0 Å². The van der Waals surface area contributed by atoms with Crippen LogP contribution in [0, 0.1) is 0 Å². The first-order valence-electron chi connectivity index (χ1n) is 8.60. The number of benzene rings is 2. The van der Waals surface area contributed by atoms with Gasteiger partial charge in [0, 0.05) is 12.1 Å². The van der Waals surface area contributed by atoms with Gasteiger partial charge in [-0.3, -0.25) is 4.79 Å². The Labute approximate surface area is 192 Å². The van der Waals surface area contributed by atoms with Crippen molar-refractivity contribution in [1.82, 2.24) is 14.8 Å². The van der Waals surface area contributed by atoms with Gasteiger partial charge in [0.15, 0.2) is 22.5 Å². The third-order valence-corrected chi connectivity index (χ3v) is 5.79. The maximum atomic E-state index is 12.3. The van der Waals surface area contributed by atoms with Gasteiger partial charge in [-0.15, -0.1) is 10.2 Å². The molecule has 0 aliphatic heterocycles. The minimum atomic E-state index is -0.291. The van der Waals surface area contributed by atoms with Crippen LogP contribution in [0.15, 0.2) is 41.6 Å². The van der Waals surface area contributed by atoms with Crippen LogP contribution in [0.1, 0.15) is 5.82 Å². The number of para-hydroxylation sites is 2. The fourth-order valence-corrected chi connectivity index (χ4v) is 4.09. The average molecular weight is 488 g/mol. The number of nitrogens with one attached hydrogen (secondary N) is 1. The molecule has 0 radical (unpaired) electrons. The third-order valence-electron chi connectivity index (χ3n) is 3.95. The van der Waals surface area contributed by atoms with E-state index < -0.39 is 0 Å². The second-order valence-corrected chi connectivity index (χ2v) is 8.17. The topological polar surface area (TPSA) is 78.3 Å². The van der Waals surface area contributed by atoms with Gasteiger partial charge in [0.25, 0.3) is 0 Å². The lowest BCUT2D eigenvalue weighted by Crippen LogP contribution is -2.15. The highest BCUT2D eigenvalue weighted by atomic mass is 35.5. The van der Waals surface area contributed by atoms with Gasteiger partial charge in [0.05, 0.1) is 28.6 Å². The summed E-state index contributed by atoms with van der Waals surface area (Å²) in [5.41, 5.74) is 0.317. The van der Waals surface area contributed by atoms with Crippen LogP contribution in [0.4, 0.5) is 5.69 Å². The molecule has 0 bridgehead atoms. The molecular weight excluding hydrogens is 471 g/mol. The molecule has 0 saturated carbocycles. The molecule has 0 spiro atoms. The number of thioether (sulfide) groups is 1. The molecule has 1 heterocycles. The summed E-state index contributed by atoms with van der Waals surface area (Å²) in [6.45, 7) is 0.201. The molecule has 0 aliphatic rings. The zero-order valence-electron chi connectivity index (χ0n) is 16.0. The number of hydrogen-bond donors (Lipinski definition) is 1. The van der Waals surface area contributed by atoms with Gasteiger partial charge in [0.1, 0.15) is 6.61 Å². The van der Waals surface area contributed by atoms with E-state index in [2.05, 4.69) is 15.5 Å². The molecule has 11 heteroatoms. The second-order valence-electron chi connectivity index (χ2n) is 5.98. The lowest BCUT2D eigenvalue weighted by atomic mass is 10.3. The van der Waals surface area contributed by atoms with Gasteiger partial charge in [-0.2, -0.15) is 0 Å². The molecule has 3 aromatic rings. The number of rotatable bonds is 8. The molecule has 1 N–H and O–H groups in total. The smallest absolute Gasteiger partial charge is 0.234 e. The van der Waals surface area contributed by atoms with Gasteiger partial charge in [0.2, 0.25) is 5.91 Å². The first-order valence-corrected chi connectivity index (χ1v) is 10.7. The van der Waals surface area contributed by atoms with E-state index in [1.54, 1.807) is 18.7 Å². The predicted octanol–water partition coefficient (Wildman–Crippen LogP) is 5.09. The van der Waals surface area contributed by atoms with Crippen molar-refractivity contribution in [2.75, 3.05) is 18.2 Å². The summed E-state index contributed by atoms with van der Waals surface area (Å²) in [6.07, 6.45) is 0. The van der Waals surface area contributed by atoms with Gasteiger partial charge in [-0.25, -0.2) is 0 Å². The zero-order chi connectivity index (χ0) is 21.7. The van der Waals surface area contributed by atoms with E-state index in [1.165, 1.54) is 23.9 Å². The van der Waals surface area contributed by atoms with Gasteiger partial charge in [-0.05, 0) is 24.3 Å². The molecule has 1 amide bonds. The number of ether oxygens (including phenoxy) is 2. The van der Waals surface area contributed by atoms with Crippen molar-refractivity contribution < 1.29 is 14.3 Å². The standard InChI is InChI=1S/C19H17Cl3N4O3S/c1-26-16(9-29-15-6-4-3-5-14(15)28-2)24-25-19(26)30-10-17(27)23-18-12(21)7-11(20)8-13(18)22/h3-8H,9-10H2,1-2H3,(H,23,27). The lowest BCUT2D eigenvalue weighted by molar-refractivity contribution is -0.113. The van der Waals surface area contributed by atoms with Crippen LogP contribution < -0.4 is 14.8 Å². The molecule has 158 valence electrons. The van der Waals surface area contributed by atoms with Crippen LogP contribution in [-0.2, 0) is 18.4 Å². The largest absolute Gasteiger partial charge is 0.493 e. The Bertz CT molecular complexity index is 1040. The highest BCUT2D eigenvalue weighted by molar-refractivity contribution is 7.99. The number of methoxy groups -OCH3 is 1. The molecule has 7 nitrogen and oxygen atoms in total. The van der Waals surface area contributed by atoms with Crippen molar-refractivity contribution in [3.8, 4) is 11.5 Å². The number of anilines is 1. The van der Waals surface area contributed by atoms with Gasteiger partial charge < -0.3 is 19.4 Å². The molecule has 0 fully saturated rings. The average Bonchev–Trinajstić information content (AvgIpc) is 3.07. The summed E-state index contributed by atoms with van der Waals surface area (Å²) in [7, 11) is 3.38. The normalized spacial score (nSPS) is 10.7. The Morgan fingerprint density at radius 2 is 1.80 bits per heavy atom. The van der Waals surface area contributed by atoms with Crippen molar-refractivity contribution in [1.29, 1.82) is 0 Å². The number of hydrogen-bond acceptors (Lipinski definition) is 6. The van der Waals surface area contributed by atoms with E-state index in [0.29, 0.717) is 33.2 Å². The molecule has 0 aliphatic carbocycles. The second kappa shape index (κ2) is 10.3. The van der Waals surface area contributed by atoms with Crippen molar-refractivity contribution in [2.24, 2.45) is 7.05 Å². The first-order chi connectivity index (χ1) is 14.4. The van der Waals surface area contributed by atoms with E-state index in [1.807, 2.05) is 24.3 Å². The Morgan fingerprint density at radius 1 is 1.13 bits per heavy atom. The Hall–Kier alpha value is -2.13. The minimum Gasteiger partial charge on any atom is -0.493 e. The number of carbonyl (C=O) groups is 1. The number of nitrogens with zero attached hydrogens (tertiary/aromatic N) is 3.